The van der Waals surface area contributed by atoms with E-state index in [0.29, 0.717) is 19.6 Å². The summed E-state index contributed by atoms with van der Waals surface area (Å²) in [6, 6.07) is 32.1. The van der Waals surface area contributed by atoms with Crippen LogP contribution in [0.4, 0.5) is 0 Å². The van der Waals surface area contributed by atoms with Gasteiger partial charge >= 0.3 is 5.97 Å². The largest absolute Gasteiger partial charge is 0.462 e. The molecule has 0 amide bonds. The van der Waals surface area contributed by atoms with Gasteiger partial charge in [-0.2, -0.15) is 0 Å². The van der Waals surface area contributed by atoms with Gasteiger partial charge in [0.1, 0.15) is 24.9 Å². The van der Waals surface area contributed by atoms with E-state index in [1.807, 2.05) is 39.0 Å². The number of hydrogen-bond acceptors (Lipinski definition) is 10. The van der Waals surface area contributed by atoms with Crippen molar-refractivity contribution in [3.8, 4) is 0 Å². The van der Waals surface area contributed by atoms with Crippen LogP contribution in [0.25, 0.3) is 0 Å². The number of rotatable bonds is 22. The van der Waals surface area contributed by atoms with Crippen LogP contribution in [-0.2, 0) is 52.8 Å². The van der Waals surface area contributed by atoms with E-state index >= 15 is 0 Å². The standard InChI is InChI=1S/C65H110O10Si4/c1-47-52(42-34-35-43-70-79(64(15,16)17,50-38-30-26-31-39-50)51-40-32-27-33-41-51)72-65(67-18,44-53(47)73-76(19,20)61(6,7)8)58(75-78(23,24)63(12,13)14)56-48(2)55(68-45-49-36-28-25-29-37-49)57(74-77(21,22)62(9,10)11)54(71-56)46-69-59(66)60(3,4)5/h25-33,36-41,47-48,52-58H,34-35,42-46H2,1-24H3/t47-,48+,52+,53-,54+,55+,56+,57+,58-,65+/m0/s1. The Bertz CT molecular complexity index is 2310. The van der Waals surface area contributed by atoms with Crippen LogP contribution in [0.2, 0.25) is 59.4 Å². The molecule has 0 bridgehead atoms. The predicted octanol–water partition coefficient (Wildman–Crippen LogP) is 15.3. The maximum Gasteiger partial charge on any atom is 0.311 e. The molecule has 0 unspecified atom stereocenters. The Labute approximate surface area is 485 Å². The fourth-order valence-corrected chi connectivity index (χ4v) is 19.2. The zero-order valence-electron chi connectivity index (χ0n) is 53.9. The molecule has 446 valence electrons. The quantitative estimate of drug-likeness (QED) is 0.0549. The highest BCUT2D eigenvalue weighted by molar-refractivity contribution is 6.99. The van der Waals surface area contributed by atoms with Crippen LogP contribution < -0.4 is 10.4 Å². The summed E-state index contributed by atoms with van der Waals surface area (Å²) in [6.07, 6.45) is -0.775. The molecule has 79 heavy (non-hydrogen) atoms. The molecule has 2 aliphatic rings. The molecule has 0 saturated carbocycles. The van der Waals surface area contributed by atoms with E-state index in [1.165, 1.54) is 10.4 Å². The van der Waals surface area contributed by atoms with E-state index < -0.39 is 75.0 Å². The number of esters is 1. The van der Waals surface area contributed by atoms with Crippen LogP contribution in [0.3, 0.4) is 0 Å². The Balaban J connectivity index is 1.65. The third-order valence-corrected chi connectivity index (χ3v) is 37.2. The van der Waals surface area contributed by atoms with Gasteiger partial charge < -0.3 is 41.4 Å². The van der Waals surface area contributed by atoms with Gasteiger partial charge in [-0.15, -0.1) is 0 Å². The maximum atomic E-state index is 13.8. The summed E-state index contributed by atoms with van der Waals surface area (Å²) in [5.74, 6) is -1.92. The van der Waals surface area contributed by atoms with Gasteiger partial charge in [0.15, 0.2) is 30.7 Å². The highest BCUT2D eigenvalue weighted by atomic mass is 28.4. The Kier molecular flexibility index (Phi) is 22.1. The zero-order chi connectivity index (χ0) is 59.4. The Hall–Kier alpha value is -2.32. The van der Waals surface area contributed by atoms with Gasteiger partial charge in [0.25, 0.3) is 8.32 Å². The van der Waals surface area contributed by atoms with E-state index in [1.54, 1.807) is 7.11 Å². The second-order valence-corrected chi connectivity index (χ2v) is 48.5. The highest BCUT2D eigenvalue weighted by Crippen LogP contribution is 2.51. The highest BCUT2D eigenvalue weighted by Gasteiger charge is 2.62. The number of hydrogen-bond donors (Lipinski definition) is 0. The summed E-state index contributed by atoms with van der Waals surface area (Å²) < 4.78 is 66.5. The Morgan fingerprint density at radius 2 is 1.11 bits per heavy atom. The first kappa shape index (κ1) is 67.5. The molecule has 0 spiro atoms. The summed E-state index contributed by atoms with van der Waals surface area (Å²) in [5.41, 5.74) is 0.319. The number of unbranched alkanes of at least 4 members (excludes halogenated alkanes) is 1. The van der Waals surface area contributed by atoms with Crippen LogP contribution in [0.5, 0.6) is 0 Å². The molecule has 2 aliphatic heterocycles. The average Bonchev–Trinajstić information content (AvgIpc) is 3.52. The summed E-state index contributed by atoms with van der Waals surface area (Å²) in [4.78, 5) is 13.8. The van der Waals surface area contributed by atoms with Crippen molar-refractivity contribution in [2.75, 3.05) is 20.3 Å². The van der Waals surface area contributed by atoms with Gasteiger partial charge in [-0.05, 0) is 115 Å². The second kappa shape index (κ2) is 25.9. The number of ether oxygens (including phenoxy) is 5. The third-order valence-electron chi connectivity index (χ3n) is 18.8. The van der Waals surface area contributed by atoms with Gasteiger partial charge in [-0.1, -0.05) is 188 Å². The summed E-state index contributed by atoms with van der Waals surface area (Å²) >= 11 is 0. The van der Waals surface area contributed by atoms with Crippen molar-refractivity contribution in [2.45, 2.75) is 258 Å². The van der Waals surface area contributed by atoms with Gasteiger partial charge in [0.2, 0.25) is 0 Å². The van der Waals surface area contributed by atoms with Crippen LogP contribution in [0.15, 0.2) is 91.0 Å². The van der Waals surface area contributed by atoms with Crippen molar-refractivity contribution < 1.29 is 46.2 Å². The van der Waals surface area contributed by atoms with Crippen LogP contribution >= 0.6 is 0 Å². The van der Waals surface area contributed by atoms with Crippen molar-refractivity contribution in [2.24, 2.45) is 17.3 Å². The zero-order valence-corrected chi connectivity index (χ0v) is 57.9. The topological polar surface area (TPSA) is 100 Å². The van der Waals surface area contributed by atoms with E-state index in [0.717, 1.165) is 24.8 Å². The average molecular weight is 1160 g/mol. The molecule has 2 heterocycles. The molecular formula is C65H110O10Si4. The van der Waals surface area contributed by atoms with Crippen molar-refractivity contribution >= 4 is 49.6 Å². The molecule has 0 aromatic heterocycles. The van der Waals surface area contributed by atoms with Crippen LogP contribution in [-0.4, -0.2) is 108 Å². The first-order valence-corrected chi connectivity index (χ1v) is 40.4. The van der Waals surface area contributed by atoms with Gasteiger partial charge in [-0.3, -0.25) is 4.79 Å². The molecule has 2 saturated heterocycles. The lowest BCUT2D eigenvalue weighted by Gasteiger charge is -2.58. The number of methoxy groups -OCH3 is 1. The SMILES string of the molecule is CO[C@]1([C@@H](O[Si](C)(C)C(C)(C)C)[C@@H]2O[C@H](COC(=O)C(C)(C)C)[C@@H](O[Si](C)(C)C(C)(C)C)[C@H](OCc3ccccc3)[C@H]2C)C[C@H](O[Si](C)(C)C(C)(C)C)[C@@H](C)[C@@H](CCCCO[Si](c2ccccc2)(c2ccccc2)C(C)(C)C)O1. The van der Waals surface area contributed by atoms with Gasteiger partial charge in [-0.25, -0.2) is 0 Å². The lowest BCUT2D eigenvalue weighted by atomic mass is 9.79. The molecule has 0 aliphatic carbocycles. The Morgan fingerprint density at radius 1 is 0.620 bits per heavy atom. The fourth-order valence-electron chi connectivity index (χ4n) is 10.5. The molecule has 0 N–H and O–H groups in total. The monoisotopic (exact) mass is 1160 g/mol. The summed E-state index contributed by atoms with van der Waals surface area (Å²) in [6.45, 7) is 52.4. The van der Waals surface area contributed by atoms with E-state index in [9.17, 15) is 4.79 Å². The van der Waals surface area contributed by atoms with Gasteiger partial charge in [0.05, 0.1) is 36.4 Å². The molecule has 2 fully saturated rings. The molecule has 10 atom stereocenters. The maximum absolute atomic E-state index is 13.8. The van der Waals surface area contributed by atoms with Crippen molar-refractivity contribution in [1.82, 2.24) is 0 Å². The van der Waals surface area contributed by atoms with Crippen LogP contribution in [0, 0.1) is 17.3 Å². The van der Waals surface area contributed by atoms with Crippen molar-refractivity contribution in [1.29, 1.82) is 0 Å². The minimum Gasteiger partial charge on any atom is -0.462 e. The number of carbonyl (C=O) groups excluding carboxylic acids is 1. The normalized spacial score (nSPS) is 25.7. The second-order valence-electron chi connectivity index (χ2n) is 29.9. The van der Waals surface area contributed by atoms with Crippen LogP contribution in [0.1, 0.15) is 149 Å². The molecule has 5 rings (SSSR count). The van der Waals surface area contributed by atoms with E-state index in [2.05, 4.69) is 209 Å². The molecule has 0 radical (unpaired) electrons. The third kappa shape index (κ3) is 15.9. The lowest BCUT2D eigenvalue weighted by Crippen LogP contribution is -2.70. The minimum absolute atomic E-state index is 0.0236. The smallest absolute Gasteiger partial charge is 0.311 e. The summed E-state index contributed by atoms with van der Waals surface area (Å²) in [7, 11) is -8.52. The van der Waals surface area contributed by atoms with Crippen molar-refractivity contribution in [3.05, 3.63) is 96.6 Å². The first-order chi connectivity index (χ1) is 36.3. The lowest BCUT2D eigenvalue weighted by molar-refractivity contribution is -0.356. The number of carbonyl (C=O) groups is 1. The Morgan fingerprint density at radius 3 is 1.58 bits per heavy atom. The molecule has 14 heteroatoms. The fraction of sp³-hybridized carbons (Fsp3) is 0.708. The predicted molar refractivity (Wildman–Crippen MR) is 335 cm³/mol. The summed E-state index contributed by atoms with van der Waals surface area (Å²) in [5, 5.41) is 2.05. The van der Waals surface area contributed by atoms with Gasteiger partial charge in [0, 0.05) is 32.0 Å². The molecule has 10 nitrogen and oxygen atoms in total. The molecule has 3 aromatic carbocycles. The molecule has 3 aromatic rings. The number of benzene rings is 3. The first-order valence-electron chi connectivity index (χ1n) is 29.7. The van der Waals surface area contributed by atoms with E-state index in [4.69, 9.17) is 41.4 Å². The van der Waals surface area contributed by atoms with Crippen molar-refractivity contribution in [3.63, 3.8) is 0 Å². The van der Waals surface area contributed by atoms with E-state index in [-0.39, 0.29) is 56.8 Å². The minimum atomic E-state index is -2.74. The molecular weight excluding hydrogens is 1050 g/mol.